The van der Waals surface area contributed by atoms with Crippen molar-refractivity contribution in [3.05, 3.63) is 0 Å². The topological polar surface area (TPSA) is 20.2 Å². The van der Waals surface area contributed by atoms with Gasteiger partial charge in [-0.2, -0.15) is 0 Å². The smallest absolute Gasteiger partial charge is 0.0650 e. The minimum Gasteiger partial charge on any atom is -0.390 e. The Kier molecular flexibility index (Phi) is 2.70. The largest absolute Gasteiger partial charge is 0.390 e. The lowest BCUT2D eigenvalue weighted by Crippen LogP contribution is -2.56. The van der Waals surface area contributed by atoms with Gasteiger partial charge in [0.2, 0.25) is 0 Å². The fraction of sp³-hybridized carbons (Fsp3) is 1.00. The van der Waals surface area contributed by atoms with E-state index in [1.54, 1.807) is 0 Å². The predicted molar refractivity (Wildman–Crippen MR) is 68.3 cm³/mol. The number of aliphatic hydroxyl groups is 1. The number of rotatable bonds is 0. The van der Waals surface area contributed by atoms with Gasteiger partial charge in [0.05, 0.1) is 5.60 Å². The highest BCUT2D eigenvalue weighted by Crippen LogP contribution is 2.61. The highest BCUT2D eigenvalue weighted by Gasteiger charge is 2.56. The Bertz CT molecular complexity index is 279. The quantitative estimate of drug-likeness (QED) is 0.659. The number of hydrogen-bond donors (Lipinski definition) is 1. The maximum absolute atomic E-state index is 10.5. The van der Waals surface area contributed by atoms with Crippen LogP contribution in [0.2, 0.25) is 0 Å². The highest BCUT2D eigenvalue weighted by atomic mass is 16.3. The monoisotopic (exact) mass is 224 g/mol. The van der Waals surface area contributed by atoms with Crippen LogP contribution in [0.5, 0.6) is 0 Å². The molecule has 0 spiro atoms. The molecule has 0 heterocycles. The van der Waals surface area contributed by atoms with Crippen molar-refractivity contribution in [2.24, 2.45) is 22.7 Å². The van der Waals surface area contributed by atoms with Crippen LogP contribution in [-0.4, -0.2) is 10.7 Å². The van der Waals surface area contributed by atoms with Crippen LogP contribution in [0.1, 0.15) is 66.7 Å². The van der Waals surface area contributed by atoms with Crippen molar-refractivity contribution in [1.82, 2.24) is 0 Å². The second-order valence-electron chi connectivity index (χ2n) is 7.52. The van der Waals surface area contributed by atoms with Crippen molar-refractivity contribution < 1.29 is 5.11 Å². The molecule has 1 N–H and O–H groups in total. The molecule has 2 rings (SSSR count). The Morgan fingerprint density at radius 2 is 1.62 bits per heavy atom. The van der Waals surface area contributed by atoms with E-state index in [4.69, 9.17) is 0 Å². The van der Waals surface area contributed by atoms with E-state index < -0.39 is 5.60 Å². The molecule has 4 atom stereocenters. The van der Waals surface area contributed by atoms with Gasteiger partial charge in [-0.1, -0.05) is 34.1 Å². The van der Waals surface area contributed by atoms with Gasteiger partial charge >= 0.3 is 0 Å². The molecule has 2 aliphatic rings. The van der Waals surface area contributed by atoms with Crippen molar-refractivity contribution in [2.45, 2.75) is 72.3 Å². The summed E-state index contributed by atoms with van der Waals surface area (Å²) in [6.07, 6.45) is 6.19. The van der Waals surface area contributed by atoms with Crippen LogP contribution < -0.4 is 0 Å². The second-order valence-corrected chi connectivity index (χ2v) is 7.52. The van der Waals surface area contributed by atoms with Gasteiger partial charge in [0, 0.05) is 0 Å². The molecule has 0 aromatic carbocycles. The van der Waals surface area contributed by atoms with Crippen LogP contribution in [0.3, 0.4) is 0 Å². The van der Waals surface area contributed by atoms with Gasteiger partial charge in [0.1, 0.15) is 0 Å². The molecule has 2 fully saturated rings. The highest BCUT2D eigenvalue weighted by molar-refractivity contribution is 5.05. The first-order valence-electron chi connectivity index (χ1n) is 6.92. The zero-order chi connectivity index (χ0) is 12.2. The lowest BCUT2D eigenvalue weighted by Gasteiger charge is -2.60. The average Bonchev–Trinajstić information content (AvgIpc) is 2.12. The SMILES string of the molecule is C[C@H]1[C@@]2(C)CCCC(C)(C)C2CC[C@@]1(C)O. The third-order valence-corrected chi connectivity index (χ3v) is 6.14. The van der Waals surface area contributed by atoms with Crippen molar-refractivity contribution >= 4 is 0 Å². The molecule has 2 aliphatic carbocycles. The average molecular weight is 224 g/mol. The molecule has 0 amide bonds. The Hall–Kier alpha value is -0.0400. The fourth-order valence-corrected chi connectivity index (χ4v) is 4.77. The van der Waals surface area contributed by atoms with E-state index in [0.717, 1.165) is 12.3 Å². The molecule has 1 nitrogen and oxygen atoms in total. The van der Waals surface area contributed by atoms with E-state index in [1.807, 2.05) is 6.92 Å². The molecular weight excluding hydrogens is 196 g/mol. The molecule has 1 heteroatoms. The maximum atomic E-state index is 10.5. The standard InChI is InChI=1S/C15H28O/c1-11-14(4)9-6-8-13(2,3)12(14)7-10-15(11,5)16/h11-12,16H,6-10H2,1-5H3/t11-,12?,14+,15+/m0/s1. The lowest BCUT2D eigenvalue weighted by molar-refractivity contribution is -0.160. The van der Waals surface area contributed by atoms with Gasteiger partial charge in [-0.3, -0.25) is 0 Å². The van der Waals surface area contributed by atoms with Crippen LogP contribution >= 0.6 is 0 Å². The van der Waals surface area contributed by atoms with Crippen molar-refractivity contribution in [2.75, 3.05) is 0 Å². The summed E-state index contributed by atoms with van der Waals surface area (Å²) in [5.74, 6) is 1.22. The third kappa shape index (κ3) is 1.63. The summed E-state index contributed by atoms with van der Waals surface area (Å²) in [6.45, 7) is 11.6. The molecule has 0 aromatic heterocycles. The Morgan fingerprint density at radius 1 is 1.00 bits per heavy atom. The summed E-state index contributed by atoms with van der Waals surface area (Å²) in [5.41, 5.74) is 0.375. The molecule has 94 valence electrons. The summed E-state index contributed by atoms with van der Waals surface area (Å²) in [5, 5.41) is 10.5. The first-order chi connectivity index (χ1) is 7.20. The molecule has 16 heavy (non-hydrogen) atoms. The normalized spacial score (nSPS) is 52.1. The van der Waals surface area contributed by atoms with E-state index in [-0.39, 0.29) is 0 Å². The Balaban J connectivity index is 2.34. The Morgan fingerprint density at radius 3 is 2.25 bits per heavy atom. The van der Waals surface area contributed by atoms with E-state index in [2.05, 4.69) is 27.7 Å². The maximum Gasteiger partial charge on any atom is 0.0650 e. The minimum absolute atomic E-state index is 0.351. The van der Waals surface area contributed by atoms with Crippen LogP contribution in [-0.2, 0) is 0 Å². The van der Waals surface area contributed by atoms with Gasteiger partial charge in [0.25, 0.3) is 0 Å². The van der Waals surface area contributed by atoms with Crippen molar-refractivity contribution in [3.63, 3.8) is 0 Å². The summed E-state index contributed by atoms with van der Waals surface area (Å²) in [7, 11) is 0. The van der Waals surface area contributed by atoms with Crippen LogP contribution in [0.4, 0.5) is 0 Å². The third-order valence-electron chi connectivity index (χ3n) is 6.14. The zero-order valence-corrected chi connectivity index (χ0v) is 11.6. The molecule has 0 radical (unpaired) electrons. The second kappa shape index (κ2) is 3.48. The summed E-state index contributed by atoms with van der Waals surface area (Å²) >= 11 is 0. The molecule has 0 aromatic rings. The summed E-state index contributed by atoms with van der Waals surface area (Å²) in [6, 6.07) is 0. The van der Waals surface area contributed by atoms with Crippen molar-refractivity contribution in [1.29, 1.82) is 0 Å². The molecule has 1 unspecified atom stereocenters. The van der Waals surface area contributed by atoms with Crippen LogP contribution in [0.15, 0.2) is 0 Å². The first-order valence-corrected chi connectivity index (χ1v) is 6.92. The van der Waals surface area contributed by atoms with Crippen LogP contribution in [0.25, 0.3) is 0 Å². The minimum atomic E-state index is -0.446. The molecular formula is C15H28O. The molecule has 0 aliphatic heterocycles. The summed E-state index contributed by atoms with van der Waals surface area (Å²) < 4.78 is 0. The summed E-state index contributed by atoms with van der Waals surface area (Å²) in [4.78, 5) is 0. The van der Waals surface area contributed by atoms with E-state index in [1.165, 1.54) is 25.7 Å². The van der Waals surface area contributed by atoms with Gasteiger partial charge in [-0.15, -0.1) is 0 Å². The van der Waals surface area contributed by atoms with Gasteiger partial charge < -0.3 is 5.11 Å². The fourth-order valence-electron chi connectivity index (χ4n) is 4.77. The molecule has 0 saturated heterocycles. The van der Waals surface area contributed by atoms with E-state index in [9.17, 15) is 5.11 Å². The van der Waals surface area contributed by atoms with E-state index in [0.29, 0.717) is 16.7 Å². The van der Waals surface area contributed by atoms with Gasteiger partial charge in [-0.25, -0.2) is 0 Å². The Labute approximate surface area is 101 Å². The number of hydrogen-bond acceptors (Lipinski definition) is 1. The number of fused-ring (bicyclic) bond motifs is 1. The molecule has 2 saturated carbocycles. The van der Waals surface area contributed by atoms with Gasteiger partial charge in [0.15, 0.2) is 0 Å². The van der Waals surface area contributed by atoms with Crippen LogP contribution in [0, 0.1) is 22.7 Å². The molecule has 0 bridgehead atoms. The lowest BCUT2D eigenvalue weighted by atomic mass is 9.46. The van der Waals surface area contributed by atoms with E-state index >= 15 is 0 Å². The van der Waals surface area contributed by atoms with Gasteiger partial charge in [-0.05, 0) is 55.3 Å². The first kappa shape index (κ1) is 12.4. The van der Waals surface area contributed by atoms with Crippen molar-refractivity contribution in [3.8, 4) is 0 Å². The zero-order valence-electron chi connectivity index (χ0n) is 11.6. The predicted octanol–water partition coefficient (Wildman–Crippen LogP) is 4.00.